The van der Waals surface area contributed by atoms with Gasteiger partial charge in [0.15, 0.2) is 5.82 Å². The Labute approximate surface area is 154 Å². The summed E-state index contributed by atoms with van der Waals surface area (Å²) in [6.45, 7) is 1.74. The Balaban J connectivity index is 1.88. The molecule has 1 N–H and O–H groups in total. The summed E-state index contributed by atoms with van der Waals surface area (Å²) in [6, 6.07) is 12.7. The Kier molecular flexibility index (Phi) is 4.12. The molecule has 0 fully saturated rings. The number of aromatic nitrogens is 2. The smallest absolute Gasteiger partial charge is 0.307 e. The third-order valence-electron chi connectivity index (χ3n) is 4.25. The molecule has 0 atom stereocenters. The van der Waals surface area contributed by atoms with Crippen LogP contribution in [0, 0.1) is 6.92 Å². The van der Waals surface area contributed by atoms with Crippen LogP contribution in [0.5, 0.6) is 5.75 Å². The molecule has 27 heavy (non-hydrogen) atoms. The molecule has 0 saturated carbocycles. The van der Waals surface area contributed by atoms with Crippen LogP contribution in [0.4, 0.5) is 0 Å². The zero-order valence-electron chi connectivity index (χ0n) is 14.7. The fourth-order valence-corrected chi connectivity index (χ4v) is 3.00. The van der Waals surface area contributed by atoms with Crippen molar-refractivity contribution in [2.24, 2.45) is 0 Å². The maximum atomic E-state index is 11.5. The molecule has 0 aliphatic rings. The molecule has 7 nitrogen and oxygen atoms in total. The van der Waals surface area contributed by atoms with E-state index < -0.39 is 5.97 Å². The third kappa shape index (κ3) is 3.15. The number of fused-ring (bicyclic) bond motifs is 1. The van der Waals surface area contributed by atoms with Gasteiger partial charge < -0.3 is 18.8 Å². The number of carboxylic acid groups (broad SMARTS) is 1. The van der Waals surface area contributed by atoms with Gasteiger partial charge in [-0.25, -0.2) is 0 Å². The highest BCUT2D eigenvalue weighted by Crippen LogP contribution is 2.36. The summed E-state index contributed by atoms with van der Waals surface area (Å²) in [5.41, 5.74) is 2.67. The first-order valence-corrected chi connectivity index (χ1v) is 8.27. The average molecular weight is 364 g/mol. The Morgan fingerprint density at radius 1 is 1.15 bits per heavy atom. The van der Waals surface area contributed by atoms with Crippen LogP contribution in [-0.2, 0) is 11.2 Å². The summed E-state index contributed by atoms with van der Waals surface area (Å²) >= 11 is 0. The van der Waals surface area contributed by atoms with E-state index in [-0.39, 0.29) is 6.42 Å². The van der Waals surface area contributed by atoms with Crippen LogP contribution < -0.4 is 4.74 Å². The van der Waals surface area contributed by atoms with Gasteiger partial charge in [0.1, 0.15) is 17.1 Å². The topological polar surface area (TPSA) is 98.6 Å². The number of hydrogen-bond acceptors (Lipinski definition) is 6. The molecule has 0 amide bonds. The summed E-state index contributed by atoms with van der Waals surface area (Å²) in [5, 5.41) is 13.9. The van der Waals surface area contributed by atoms with E-state index >= 15 is 0 Å². The van der Waals surface area contributed by atoms with Crippen molar-refractivity contribution in [1.82, 2.24) is 10.1 Å². The van der Waals surface area contributed by atoms with Gasteiger partial charge in [0.2, 0.25) is 0 Å². The molecule has 0 unspecified atom stereocenters. The highest BCUT2D eigenvalue weighted by atomic mass is 16.5. The van der Waals surface area contributed by atoms with E-state index in [0.717, 1.165) is 5.56 Å². The lowest BCUT2D eigenvalue weighted by Gasteiger charge is -2.03. The lowest BCUT2D eigenvalue weighted by Crippen LogP contribution is -2.00. The second-order valence-electron chi connectivity index (χ2n) is 6.07. The van der Waals surface area contributed by atoms with Gasteiger partial charge in [-0.1, -0.05) is 5.16 Å². The van der Waals surface area contributed by atoms with Crippen LogP contribution >= 0.6 is 0 Å². The first kappa shape index (κ1) is 16.8. The highest BCUT2D eigenvalue weighted by Gasteiger charge is 2.20. The molecule has 2 aromatic carbocycles. The lowest BCUT2D eigenvalue weighted by atomic mass is 10.0. The maximum absolute atomic E-state index is 11.5. The van der Waals surface area contributed by atoms with Crippen LogP contribution in [-0.4, -0.2) is 28.3 Å². The molecule has 2 heterocycles. The Hall–Kier alpha value is -3.61. The molecule has 0 bridgehead atoms. The van der Waals surface area contributed by atoms with Gasteiger partial charge in [0.05, 0.1) is 13.5 Å². The molecule has 7 heteroatoms. The van der Waals surface area contributed by atoms with Crippen LogP contribution in [0.1, 0.15) is 11.4 Å². The SMILES string of the molecule is COc1ccc(-c2oc3ccc(-c4nc(C)no4)cc3c2CC(=O)O)cc1. The molecule has 136 valence electrons. The number of furan rings is 1. The largest absolute Gasteiger partial charge is 0.497 e. The standard InChI is InChI=1S/C20H16N2O5/c1-11-21-20(27-22-11)13-5-8-17-15(9-13)16(10-18(23)24)19(26-17)12-3-6-14(25-2)7-4-12/h3-9H,10H2,1-2H3,(H,23,24). The van der Waals surface area contributed by atoms with E-state index in [4.69, 9.17) is 13.7 Å². The highest BCUT2D eigenvalue weighted by molar-refractivity contribution is 5.93. The van der Waals surface area contributed by atoms with Crippen molar-refractivity contribution in [3.05, 3.63) is 53.9 Å². The van der Waals surface area contributed by atoms with E-state index in [2.05, 4.69) is 10.1 Å². The summed E-state index contributed by atoms with van der Waals surface area (Å²) in [7, 11) is 1.59. The van der Waals surface area contributed by atoms with Gasteiger partial charge in [-0.05, 0) is 49.4 Å². The summed E-state index contributed by atoms with van der Waals surface area (Å²) < 4.78 is 16.4. The van der Waals surface area contributed by atoms with Crippen LogP contribution in [0.2, 0.25) is 0 Å². The number of methoxy groups -OCH3 is 1. The molecule has 4 rings (SSSR count). The van der Waals surface area contributed by atoms with E-state index in [9.17, 15) is 9.90 Å². The van der Waals surface area contributed by atoms with Gasteiger partial charge in [-0.3, -0.25) is 4.79 Å². The van der Waals surface area contributed by atoms with Crippen molar-refractivity contribution in [3.63, 3.8) is 0 Å². The number of carboxylic acids is 1. The van der Waals surface area contributed by atoms with Crippen LogP contribution in [0.25, 0.3) is 33.7 Å². The number of aryl methyl sites for hydroxylation is 1. The molecule has 0 aliphatic heterocycles. The van der Waals surface area contributed by atoms with E-state index in [1.807, 2.05) is 18.2 Å². The van der Waals surface area contributed by atoms with Gasteiger partial charge in [0, 0.05) is 22.1 Å². The zero-order valence-corrected chi connectivity index (χ0v) is 14.7. The van der Waals surface area contributed by atoms with Crippen molar-refractivity contribution in [2.45, 2.75) is 13.3 Å². The second-order valence-corrected chi connectivity index (χ2v) is 6.07. The van der Waals surface area contributed by atoms with Crippen LogP contribution in [0.3, 0.4) is 0 Å². The predicted octanol–water partition coefficient (Wildman–Crippen LogP) is 4.09. The molecular formula is C20H16N2O5. The monoisotopic (exact) mass is 364 g/mol. The maximum Gasteiger partial charge on any atom is 0.307 e. The molecule has 0 radical (unpaired) electrons. The number of ether oxygens (including phenoxy) is 1. The number of hydrogen-bond donors (Lipinski definition) is 1. The number of carbonyl (C=O) groups is 1. The Bertz CT molecular complexity index is 1130. The molecule has 2 aromatic heterocycles. The minimum atomic E-state index is -0.938. The summed E-state index contributed by atoms with van der Waals surface area (Å²) in [5.74, 6) is 1.20. The molecule has 0 spiro atoms. The molecule has 0 saturated heterocycles. The minimum absolute atomic E-state index is 0.166. The van der Waals surface area contributed by atoms with Gasteiger partial charge >= 0.3 is 5.97 Å². The molecular weight excluding hydrogens is 348 g/mol. The Morgan fingerprint density at radius 2 is 1.89 bits per heavy atom. The fourth-order valence-electron chi connectivity index (χ4n) is 3.00. The van der Waals surface area contributed by atoms with E-state index in [0.29, 0.717) is 45.3 Å². The van der Waals surface area contributed by atoms with Gasteiger partial charge in [0.25, 0.3) is 5.89 Å². The normalized spacial score (nSPS) is 11.0. The van der Waals surface area contributed by atoms with Gasteiger partial charge in [-0.2, -0.15) is 4.98 Å². The van der Waals surface area contributed by atoms with Crippen molar-refractivity contribution in [2.75, 3.05) is 7.11 Å². The number of aliphatic carboxylic acids is 1. The number of benzene rings is 2. The van der Waals surface area contributed by atoms with E-state index in [1.54, 1.807) is 38.3 Å². The quantitative estimate of drug-likeness (QED) is 0.569. The first-order chi connectivity index (χ1) is 13.0. The number of nitrogens with zero attached hydrogens (tertiary/aromatic N) is 2. The number of rotatable bonds is 5. The predicted molar refractivity (Wildman–Crippen MR) is 97.6 cm³/mol. The molecule has 4 aromatic rings. The summed E-state index contributed by atoms with van der Waals surface area (Å²) in [6.07, 6.45) is -0.166. The first-order valence-electron chi connectivity index (χ1n) is 8.27. The van der Waals surface area contributed by atoms with Crippen molar-refractivity contribution in [1.29, 1.82) is 0 Å². The zero-order chi connectivity index (χ0) is 19.0. The third-order valence-corrected chi connectivity index (χ3v) is 4.25. The van der Waals surface area contributed by atoms with E-state index in [1.165, 1.54) is 0 Å². The van der Waals surface area contributed by atoms with Crippen molar-refractivity contribution < 1.29 is 23.6 Å². The second kappa shape index (κ2) is 6.60. The minimum Gasteiger partial charge on any atom is -0.497 e. The average Bonchev–Trinajstić information content (AvgIpc) is 3.25. The van der Waals surface area contributed by atoms with Crippen LogP contribution in [0.15, 0.2) is 51.4 Å². The Morgan fingerprint density at radius 3 is 2.52 bits per heavy atom. The summed E-state index contributed by atoms with van der Waals surface area (Å²) in [4.78, 5) is 15.7. The molecule has 0 aliphatic carbocycles. The van der Waals surface area contributed by atoms with Crippen molar-refractivity contribution in [3.8, 4) is 28.5 Å². The van der Waals surface area contributed by atoms with Gasteiger partial charge in [-0.15, -0.1) is 0 Å². The lowest BCUT2D eigenvalue weighted by molar-refractivity contribution is -0.136. The fraction of sp³-hybridized carbons (Fsp3) is 0.150. The van der Waals surface area contributed by atoms with Crippen molar-refractivity contribution >= 4 is 16.9 Å².